The van der Waals surface area contributed by atoms with Crippen molar-refractivity contribution in [2.75, 3.05) is 0 Å². The van der Waals surface area contributed by atoms with Crippen molar-refractivity contribution in [2.24, 2.45) is 7.05 Å². The zero-order chi connectivity index (χ0) is 8.15. The van der Waals surface area contributed by atoms with Crippen LogP contribution in [0.25, 0.3) is 0 Å². The van der Waals surface area contributed by atoms with E-state index in [9.17, 15) is 0 Å². The fourth-order valence-electron chi connectivity index (χ4n) is 0.571. The minimum Gasteiger partial charge on any atom is -0.274 e. The summed E-state index contributed by atoms with van der Waals surface area (Å²) in [6, 6.07) is 0. The summed E-state index contributed by atoms with van der Waals surface area (Å²) < 4.78 is 1.69. The number of rotatable bonds is 0. The van der Waals surface area contributed by atoms with Gasteiger partial charge in [-0.25, -0.2) is 0 Å². The third-order valence-corrected chi connectivity index (χ3v) is 1.32. The number of aromatic nitrogens is 2. The molecule has 2 nitrogen and oxygen atoms in total. The Labute approximate surface area is 66.8 Å². The van der Waals surface area contributed by atoms with E-state index in [2.05, 4.69) is 5.10 Å². The molecule has 1 rings (SSSR count). The summed E-state index contributed by atoms with van der Waals surface area (Å²) in [5, 5.41) is 4.72. The Hall–Kier alpha value is -0.500. The summed E-state index contributed by atoms with van der Waals surface area (Å²) >= 11 is 5.65. The molecule has 1 heterocycles. The Balaban J connectivity index is 0.000000371. The van der Waals surface area contributed by atoms with Crippen LogP contribution in [0.15, 0.2) is 6.20 Å². The Bertz CT molecular complexity index is 174. The average molecular weight is 161 g/mol. The minimum atomic E-state index is 0.729. The van der Waals surface area contributed by atoms with Gasteiger partial charge in [0.25, 0.3) is 0 Å². The van der Waals surface area contributed by atoms with Gasteiger partial charge in [-0.1, -0.05) is 25.4 Å². The van der Waals surface area contributed by atoms with Gasteiger partial charge in [-0.15, -0.1) is 0 Å². The molecular weight excluding hydrogens is 148 g/mol. The van der Waals surface area contributed by atoms with Crippen LogP contribution in [0.2, 0.25) is 5.02 Å². The molecule has 1 aromatic rings. The molecule has 3 heteroatoms. The molecule has 0 aromatic carbocycles. The van der Waals surface area contributed by atoms with Gasteiger partial charge in [-0.3, -0.25) is 4.68 Å². The Morgan fingerprint density at radius 2 is 2.00 bits per heavy atom. The van der Waals surface area contributed by atoms with E-state index in [1.165, 1.54) is 0 Å². The van der Waals surface area contributed by atoms with E-state index in [0.717, 1.165) is 10.7 Å². The second kappa shape index (κ2) is 4.34. The van der Waals surface area contributed by atoms with E-state index in [1.807, 2.05) is 27.8 Å². The lowest BCUT2D eigenvalue weighted by Gasteiger charge is -1.79. The van der Waals surface area contributed by atoms with E-state index in [-0.39, 0.29) is 0 Å². The second-order valence-electron chi connectivity index (χ2n) is 1.74. The molecule has 10 heavy (non-hydrogen) atoms. The molecule has 1 aromatic heterocycles. The molecule has 0 unspecified atom stereocenters. The summed E-state index contributed by atoms with van der Waals surface area (Å²) in [4.78, 5) is 0. The van der Waals surface area contributed by atoms with Crippen LogP contribution in [0.5, 0.6) is 0 Å². The van der Waals surface area contributed by atoms with Crippen LogP contribution in [0, 0.1) is 6.92 Å². The second-order valence-corrected chi connectivity index (χ2v) is 2.14. The molecule has 0 amide bonds. The quantitative estimate of drug-likeness (QED) is 0.570. The van der Waals surface area contributed by atoms with Crippen LogP contribution in [0.4, 0.5) is 0 Å². The van der Waals surface area contributed by atoms with Gasteiger partial charge in [0, 0.05) is 13.2 Å². The molecular formula is C7H13ClN2. The topological polar surface area (TPSA) is 17.8 Å². The fraction of sp³-hybridized carbons (Fsp3) is 0.571. The maximum atomic E-state index is 5.65. The summed E-state index contributed by atoms with van der Waals surface area (Å²) in [5.41, 5.74) is 0.883. The van der Waals surface area contributed by atoms with Crippen molar-refractivity contribution in [1.29, 1.82) is 0 Å². The molecule has 0 atom stereocenters. The standard InChI is InChI=1S/C5H7ClN2.C2H6/c1-4-5(6)3-8(2)7-4;1-2/h3H,1-2H3;1-2H3. The Morgan fingerprint density at radius 1 is 1.50 bits per heavy atom. The normalized spacial score (nSPS) is 8.50. The van der Waals surface area contributed by atoms with Gasteiger partial charge in [0.15, 0.2) is 0 Å². The lowest BCUT2D eigenvalue weighted by Crippen LogP contribution is -1.86. The molecule has 0 aliphatic rings. The van der Waals surface area contributed by atoms with Crippen molar-refractivity contribution in [3.63, 3.8) is 0 Å². The van der Waals surface area contributed by atoms with Crippen molar-refractivity contribution >= 4 is 11.6 Å². The first-order valence-corrected chi connectivity index (χ1v) is 3.73. The third kappa shape index (κ3) is 2.40. The lowest BCUT2D eigenvalue weighted by molar-refractivity contribution is 0.756. The van der Waals surface area contributed by atoms with E-state index < -0.39 is 0 Å². The first kappa shape index (κ1) is 9.50. The highest BCUT2D eigenvalue weighted by molar-refractivity contribution is 6.31. The first-order chi connectivity index (χ1) is 4.70. The van der Waals surface area contributed by atoms with Crippen LogP contribution in [0.3, 0.4) is 0 Å². The number of hydrogen-bond acceptors (Lipinski definition) is 1. The van der Waals surface area contributed by atoms with Crippen LogP contribution in [-0.2, 0) is 7.05 Å². The predicted molar refractivity (Wildman–Crippen MR) is 44.3 cm³/mol. The molecule has 0 bridgehead atoms. The molecule has 0 fully saturated rings. The van der Waals surface area contributed by atoms with Crippen molar-refractivity contribution < 1.29 is 0 Å². The SMILES string of the molecule is CC.Cc1nn(C)cc1Cl. The molecule has 0 aliphatic heterocycles. The Morgan fingerprint density at radius 3 is 2.10 bits per heavy atom. The summed E-state index contributed by atoms with van der Waals surface area (Å²) in [5.74, 6) is 0. The molecule has 58 valence electrons. The van der Waals surface area contributed by atoms with Gasteiger partial charge in [-0.05, 0) is 6.92 Å². The highest BCUT2D eigenvalue weighted by atomic mass is 35.5. The van der Waals surface area contributed by atoms with E-state index in [1.54, 1.807) is 10.9 Å². The lowest BCUT2D eigenvalue weighted by atomic mass is 10.5. The number of halogens is 1. The summed E-state index contributed by atoms with van der Waals surface area (Å²) in [6.07, 6.45) is 1.77. The summed E-state index contributed by atoms with van der Waals surface area (Å²) in [7, 11) is 1.85. The Kier molecular flexibility index (Phi) is 4.12. The van der Waals surface area contributed by atoms with E-state index in [0.29, 0.717) is 0 Å². The minimum absolute atomic E-state index is 0.729. The molecule has 0 spiro atoms. The van der Waals surface area contributed by atoms with Gasteiger partial charge < -0.3 is 0 Å². The third-order valence-electron chi connectivity index (χ3n) is 0.954. The molecule has 0 saturated heterocycles. The van der Waals surface area contributed by atoms with Crippen molar-refractivity contribution in [3.8, 4) is 0 Å². The largest absolute Gasteiger partial charge is 0.274 e. The highest BCUT2D eigenvalue weighted by Crippen LogP contribution is 2.09. The predicted octanol–water partition coefficient (Wildman–Crippen LogP) is 2.41. The van der Waals surface area contributed by atoms with Crippen molar-refractivity contribution in [2.45, 2.75) is 20.8 Å². The number of aryl methyl sites for hydroxylation is 2. The number of hydrogen-bond donors (Lipinski definition) is 0. The van der Waals surface area contributed by atoms with E-state index in [4.69, 9.17) is 11.6 Å². The molecule has 0 radical (unpaired) electrons. The van der Waals surface area contributed by atoms with Crippen LogP contribution < -0.4 is 0 Å². The average Bonchev–Trinajstić information content (AvgIpc) is 2.16. The van der Waals surface area contributed by atoms with Gasteiger partial charge in [0.05, 0.1) is 10.7 Å². The maximum absolute atomic E-state index is 5.65. The van der Waals surface area contributed by atoms with Gasteiger partial charge in [0.1, 0.15) is 0 Å². The van der Waals surface area contributed by atoms with Crippen LogP contribution >= 0.6 is 11.6 Å². The molecule has 0 saturated carbocycles. The molecule has 0 N–H and O–H groups in total. The fourth-order valence-corrected chi connectivity index (χ4v) is 0.750. The van der Waals surface area contributed by atoms with Crippen LogP contribution in [0.1, 0.15) is 19.5 Å². The maximum Gasteiger partial charge on any atom is 0.0814 e. The summed E-state index contributed by atoms with van der Waals surface area (Å²) in [6.45, 7) is 5.88. The van der Waals surface area contributed by atoms with Gasteiger partial charge in [-0.2, -0.15) is 5.10 Å². The van der Waals surface area contributed by atoms with Crippen molar-refractivity contribution in [1.82, 2.24) is 9.78 Å². The smallest absolute Gasteiger partial charge is 0.0814 e. The van der Waals surface area contributed by atoms with E-state index >= 15 is 0 Å². The van der Waals surface area contributed by atoms with Gasteiger partial charge >= 0.3 is 0 Å². The van der Waals surface area contributed by atoms with Crippen molar-refractivity contribution in [3.05, 3.63) is 16.9 Å². The zero-order valence-electron chi connectivity index (χ0n) is 6.85. The van der Waals surface area contributed by atoms with Crippen LogP contribution in [-0.4, -0.2) is 9.78 Å². The highest BCUT2D eigenvalue weighted by Gasteiger charge is 1.95. The molecule has 0 aliphatic carbocycles. The van der Waals surface area contributed by atoms with Gasteiger partial charge in [0.2, 0.25) is 0 Å². The zero-order valence-corrected chi connectivity index (χ0v) is 7.61. The monoisotopic (exact) mass is 160 g/mol. The number of nitrogens with zero attached hydrogens (tertiary/aromatic N) is 2. The first-order valence-electron chi connectivity index (χ1n) is 3.36.